The van der Waals surface area contributed by atoms with Crippen molar-refractivity contribution in [3.63, 3.8) is 0 Å². The average Bonchev–Trinajstić information content (AvgIpc) is 2.39. The first kappa shape index (κ1) is 17.5. The lowest BCUT2D eigenvalue weighted by molar-refractivity contribution is -0.150. The van der Waals surface area contributed by atoms with Crippen LogP contribution >= 0.6 is 0 Å². The van der Waals surface area contributed by atoms with Gasteiger partial charge in [0.15, 0.2) is 0 Å². The zero-order valence-corrected chi connectivity index (χ0v) is 12.8. The maximum absolute atomic E-state index is 12.0. The second-order valence-electron chi connectivity index (χ2n) is 5.29. The van der Waals surface area contributed by atoms with Gasteiger partial charge in [0, 0.05) is 0 Å². The predicted molar refractivity (Wildman–Crippen MR) is 77.6 cm³/mol. The Labute approximate surface area is 113 Å². The van der Waals surface area contributed by atoms with Gasteiger partial charge >= 0.3 is 5.97 Å². The van der Waals surface area contributed by atoms with Crippen LogP contribution < -0.4 is 0 Å². The van der Waals surface area contributed by atoms with Gasteiger partial charge in [0.25, 0.3) is 0 Å². The molecule has 0 amide bonds. The van der Waals surface area contributed by atoms with Crippen LogP contribution in [0.15, 0.2) is 0 Å². The summed E-state index contributed by atoms with van der Waals surface area (Å²) in [6.45, 7) is 9.25. The van der Waals surface area contributed by atoms with Crippen LogP contribution in [0.1, 0.15) is 79.1 Å². The predicted octanol–water partition coefficient (Wildman–Crippen LogP) is 4.96. The summed E-state index contributed by atoms with van der Waals surface area (Å²) in [6, 6.07) is 0. The Bertz CT molecular complexity index is 201. The molecule has 18 heavy (non-hydrogen) atoms. The highest BCUT2D eigenvalue weighted by Gasteiger charge is 2.18. The summed E-state index contributed by atoms with van der Waals surface area (Å²) in [5, 5.41) is 0. The molecule has 2 nitrogen and oxygen atoms in total. The van der Waals surface area contributed by atoms with Crippen LogP contribution in [-0.2, 0) is 9.53 Å². The number of unbranched alkanes of at least 4 members (excludes halogenated alkanes) is 2. The summed E-state index contributed by atoms with van der Waals surface area (Å²) < 4.78 is 5.50. The molecule has 0 radical (unpaired) electrons. The molecule has 0 heterocycles. The van der Waals surface area contributed by atoms with Crippen molar-refractivity contribution in [2.24, 2.45) is 11.8 Å². The van der Waals surface area contributed by atoms with Crippen LogP contribution in [0, 0.1) is 11.8 Å². The lowest BCUT2D eigenvalue weighted by Crippen LogP contribution is -2.21. The van der Waals surface area contributed by atoms with Crippen molar-refractivity contribution in [3.05, 3.63) is 0 Å². The molecule has 108 valence electrons. The van der Waals surface area contributed by atoms with Crippen molar-refractivity contribution in [1.29, 1.82) is 0 Å². The van der Waals surface area contributed by atoms with Gasteiger partial charge in [-0.05, 0) is 25.2 Å². The minimum absolute atomic E-state index is 0.0286. The number of rotatable bonds is 11. The van der Waals surface area contributed by atoms with Crippen LogP contribution in [0.25, 0.3) is 0 Å². The lowest BCUT2D eigenvalue weighted by Gasteiger charge is -2.18. The molecule has 0 spiro atoms. The Hall–Kier alpha value is -0.530. The monoisotopic (exact) mass is 256 g/mol. The minimum Gasteiger partial charge on any atom is -0.465 e. The Morgan fingerprint density at radius 3 is 2.06 bits per heavy atom. The van der Waals surface area contributed by atoms with E-state index in [1.807, 2.05) is 0 Å². The van der Waals surface area contributed by atoms with Gasteiger partial charge < -0.3 is 4.74 Å². The van der Waals surface area contributed by atoms with Crippen LogP contribution in [-0.4, -0.2) is 12.6 Å². The summed E-state index contributed by atoms with van der Waals surface area (Å²) >= 11 is 0. The number of hydrogen-bond acceptors (Lipinski definition) is 2. The number of esters is 1. The SMILES string of the molecule is CCCC[C@@H](CC)COC(=O)[C@@H](CC)CCCC. The fourth-order valence-corrected chi connectivity index (χ4v) is 2.16. The molecule has 2 heteroatoms. The Morgan fingerprint density at radius 1 is 0.944 bits per heavy atom. The van der Waals surface area contributed by atoms with E-state index in [1.54, 1.807) is 0 Å². The molecular weight excluding hydrogens is 224 g/mol. The molecule has 0 N–H and O–H groups in total. The number of carbonyl (C=O) groups is 1. The van der Waals surface area contributed by atoms with Crippen molar-refractivity contribution in [2.75, 3.05) is 6.61 Å². The molecule has 0 saturated carbocycles. The van der Waals surface area contributed by atoms with Crippen molar-refractivity contribution in [2.45, 2.75) is 79.1 Å². The maximum Gasteiger partial charge on any atom is 0.308 e. The molecule has 0 rings (SSSR count). The summed E-state index contributed by atoms with van der Waals surface area (Å²) in [5.41, 5.74) is 0. The zero-order chi connectivity index (χ0) is 13.8. The van der Waals surface area contributed by atoms with Gasteiger partial charge in [-0.2, -0.15) is 0 Å². The van der Waals surface area contributed by atoms with Gasteiger partial charge in [0.1, 0.15) is 0 Å². The van der Waals surface area contributed by atoms with Gasteiger partial charge in [-0.3, -0.25) is 4.79 Å². The third-order valence-corrected chi connectivity index (χ3v) is 3.74. The highest BCUT2D eigenvalue weighted by atomic mass is 16.5. The van der Waals surface area contributed by atoms with E-state index in [1.165, 1.54) is 19.3 Å². The fraction of sp³-hybridized carbons (Fsp3) is 0.938. The van der Waals surface area contributed by atoms with E-state index >= 15 is 0 Å². The third kappa shape index (κ3) is 7.73. The van der Waals surface area contributed by atoms with E-state index < -0.39 is 0 Å². The molecule has 0 saturated heterocycles. The minimum atomic E-state index is 0.0286. The van der Waals surface area contributed by atoms with E-state index in [9.17, 15) is 4.79 Å². The first-order chi connectivity index (χ1) is 8.69. The summed E-state index contributed by atoms with van der Waals surface area (Å²) in [6.07, 6.45) is 8.92. The molecule has 0 unspecified atom stereocenters. The van der Waals surface area contributed by atoms with Crippen LogP contribution in [0.3, 0.4) is 0 Å². The second kappa shape index (κ2) is 11.6. The molecule has 0 aromatic carbocycles. The van der Waals surface area contributed by atoms with E-state index in [0.29, 0.717) is 12.5 Å². The molecule has 0 aromatic heterocycles. The molecule has 0 aliphatic carbocycles. The van der Waals surface area contributed by atoms with E-state index in [2.05, 4.69) is 27.7 Å². The van der Waals surface area contributed by atoms with E-state index in [-0.39, 0.29) is 11.9 Å². The molecule has 0 aromatic rings. The molecule has 0 aliphatic heterocycles. The summed E-state index contributed by atoms with van der Waals surface area (Å²) in [4.78, 5) is 12.0. The van der Waals surface area contributed by atoms with Gasteiger partial charge in [0.05, 0.1) is 12.5 Å². The molecule has 2 atom stereocenters. The van der Waals surface area contributed by atoms with Crippen LogP contribution in [0.2, 0.25) is 0 Å². The lowest BCUT2D eigenvalue weighted by atomic mass is 9.98. The Balaban J connectivity index is 3.95. The maximum atomic E-state index is 12.0. The smallest absolute Gasteiger partial charge is 0.308 e. The van der Waals surface area contributed by atoms with Crippen molar-refractivity contribution in [1.82, 2.24) is 0 Å². The molecule has 0 fully saturated rings. The van der Waals surface area contributed by atoms with Crippen molar-refractivity contribution in [3.8, 4) is 0 Å². The number of hydrogen-bond donors (Lipinski definition) is 0. The highest BCUT2D eigenvalue weighted by molar-refractivity contribution is 5.72. The van der Waals surface area contributed by atoms with Crippen LogP contribution in [0.4, 0.5) is 0 Å². The van der Waals surface area contributed by atoms with Crippen molar-refractivity contribution < 1.29 is 9.53 Å². The highest BCUT2D eigenvalue weighted by Crippen LogP contribution is 2.17. The summed E-state index contributed by atoms with van der Waals surface area (Å²) in [5.74, 6) is 0.701. The second-order valence-corrected chi connectivity index (χ2v) is 5.29. The van der Waals surface area contributed by atoms with E-state index in [4.69, 9.17) is 4.74 Å². The molecular formula is C16H32O2. The third-order valence-electron chi connectivity index (χ3n) is 3.74. The molecule has 0 bridgehead atoms. The molecule has 0 aliphatic rings. The largest absolute Gasteiger partial charge is 0.465 e. The topological polar surface area (TPSA) is 26.3 Å². The average molecular weight is 256 g/mol. The Morgan fingerprint density at radius 2 is 1.56 bits per heavy atom. The van der Waals surface area contributed by atoms with Crippen molar-refractivity contribution >= 4 is 5.97 Å². The fourth-order valence-electron chi connectivity index (χ4n) is 2.16. The van der Waals surface area contributed by atoms with Gasteiger partial charge in [-0.1, -0.05) is 59.8 Å². The van der Waals surface area contributed by atoms with Crippen LogP contribution in [0.5, 0.6) is 0 Å². The summed E-state index contributed by atoms with van der Waals surface area (Å²) in [7, 11) is 0. The standard InChI is InChI=1S/C16H32O2/c1-5-9-11-14(7-3)13-18-16(17)15(8-4)12-10-6-2/h14-15H,5-13H2,1-4H3/t14-,15+/m1/s1. The van der Waals surface area contributed by atoms with Gasteiger partial charge in [-0.15, -0.1) is 0 Å². The first-order valence-corrected chi connectivity index (χ1v) is 7.86. The van der Waals surface area contributed by atoms with Gasteiger partial charge in [0.2, 0.25) is 0 Å². The Kier molecular flexibility index (Phi) is 11.2. The normalized spacial score (nSPS) is 14.2. The quantitative estimate of drug-likeness (QED) is 0.488. The first-order valence-electron chi connectivity index (χ1n) is 7.86. The van der Waals surface area contributed by atoms with E-state index in [0.717, 1.165) is 32.1 Å². The zero-order valence-electron chi connectivity index (χ0n) is 12.8. The number of carbonyl (C=O) groups excluding carboxylic acids is 1. The number of ether oxygens (including phenoxy) is 1. The van der Waals surface area contributed by atoms with Gasteiger partial charge in [-0.25, -0.2) is 0 Å².